The van der Waals surface area contributed by atoms with E-state index in [-0.39, 0.29) is 11.9 Å². The summed E-state index contributed by atoms with van der Waals surface area (Å²) in [6, 6.07) is 0. The molecule has 1 aliphatic rings. The number of rotatable bonds is 3. The number of alkyl halides is 1. The quantitative estimate of drug-likeness (QED) is 0.692. The molecule has 2 unspecified atom stereocenters. The minimum Gasteiger partial charge on any atom is -0.460 e. The van der Waals surface area contributed by atoms with Gasteiger partial charge in [-0.3, -0.25) is 4.79 Å². The fourth-order valence-corrected chi connectivity index (χ4v) is 2.18. The fraction of sp³-hybridized carbons (Fsp3) is 0.923. The molecule has 94 valence electrons. The molecule has 1 aliphatic carbocycles. The van der Waals surface area contributed by atoms with E-state index in [1.165, 1.54) is 0 Å². The highest BCUT2D eigenvalue weighted by molar-refractivity contribution is 5.69. The van der Waals surface area contributed by atoms with Gasteiger partial charge >= 0.3 is 5.97 Å². The zero-order valence-electron chi connectivity index (χ0n) is 10.6. The average molecular weight is 230 g/mol. The highest BCUT2D eigenvalue weighted by Gasteiger charge is 2.26. The number of hydrogen-bond acceptors (Lipinski definition) is 2. The van der Waals surface area contributed by atoms with Crippen molar-refractivity contribution in [1.29, 1.82) is 0 Å². The smallest absolute Gasteiger partial charge is 0.306 e. The number of hydrogen-bond donors (Lipinski definition) is 0. The van der Waals surface area contributed by atoms with Crippen LogP contribution in [0.3, 0.4) is 0 Å². The highest BCUT2D eigenvalue weighted by Crippen LogP contribution is 2.30. The Kier molecular flexibility index (Phi) is 4.75. The van der Waals surface area contributed by atoms with Crippen LogP contribution in [-0.4, -0.2) is 17.7 Å². The summed E-state index contributed by atoms with van der Waals surface area (Å²) >= 11 is 0. The maximum atomic E-state index is 13.5. The van der Waals surface area contributed by atoms with Gasteiger partial charge in [0.1, 0.15) is 11.8 Å². The lowest BCUT2D eigenvalue weighted by Crippen LogP contribution is -2.26. The van der Waals surface area contributed by atoms with Gasteiger partial charge in [-0.1, -0.05) is 12.8 Å². The second-order valence-corrected chi connectivity index (χ2v) is 5.69. The summed E-state index contributed by atoms with van der Waals surface area (Å²) in [4.78, 5) is 11.5. The van der Waals surface area contributed by atoms with E-state index in [2.05, 4.69) is 0 Å². The van der Waals surface area contributed by atoms with Gasteiger partial charge in [0.05, 0.1) is 0 Å². The summed E-state index contributed by atoms with van der Waals surface area (Å²) in [6.07, 6.45) is 3.95. The zero-order valence-corrected chi connectivity index (χ0v) is 10.6. The third-order valence-electron chi connectivity index (χ3n) is 2.96. The summed E-state index contributed by atoms with van der Waals surface area (Å²) in [5.74, 6) is -0.133. The Morgan fingerprint density at radius 3 is 2.50 bits per heavy atom. The van der Waals surface area contributed by atoms with Crippen molar-refractivity contribution >= 4 is 5.97 Å². The van der Waals surface area contributed by atoms with Crippen molar-refractivity contribution in [2.75, 3.05) is 0 Å². The normalized spacial score (nSPS) is 26.5. The predicted molar refractivity (Wildman–Crippen MR) is 61.9 cm³/mol. The van der Waals surface area contributed by atoms with Crippen LogP contribution in [0.15, 0.2) is 0 Å². The Bertz CT molecular complexity index is 233. The monoisotopic (exact) mass is 230 g/mol. The lowest BCUT2D eigenvalue weighted by Gasteiger charge is -2.26. The van der Waals surface area contributed by atoms with Gasteiger partial charge in [-0.25, -0.2) is 4.39 Å². The first-order valence-electron chi connectivity index (χ1n) is 6.24. The Morgan fingerprint density at radius 2 is 1.94 bits per heavy atom. The van der Waals surface area contributed by atoms with Crippen molar-refractivity contribution in [3.63, 3.8) is 0 Å². The number of carbonyl (C=O) groups excluding carboxylic acids is 1. The third-order valence-corrected chi connectivity index (χ3v) is 2.96. The van der Waals surface area contributed by atoms with Gasteiger partial charge in [0.25, 0.3) is 0 Å². The molecule has 0 N–H and O–H groups in total. The highest BCUT2D eigenvalue weighted by atomic mass is 19.1. The SMILES string of the molecule is CC(C)(C)OC(=O)CCC1CCCCC1F. The molecule has 0 heterocycles. The molecule has 0 bridgehead atoms. The average Bonchev–Trinajstić information content (AvgIpc) is 2.14. The van der Waals surface area contributed by atoms with Crippen LogP contribution in [0, 0.1) is 5.92 Å². The Morgan fingerprint density at radius 1 is 1.31 bits per heavy atom. The van der Waals surface area contributed by atoms with Crippen molar-refractivity contribution < 1.29 is 13.9 Å². The van der Waals surface area contributed by atoms with E-state index in [9.17, 15) is 9.18 Å². The van der Waals surface area contributed by atoms with E-state index in [0.29, 0.717) is 19.3 Å². The largest absolute Gasteiger partial charge is 0.460 e. The van der Waals surface area contributed by atoms with Crippen molar-refractivity contribution in [2.24, 2.45) is 5.92 Å². The molecule has 0 saturated heterocycles. The van der Waals surface area contributed by atoms with Gasteiger partial charge < -0.3 is 4.74 Å². The van der Waals surface area contributed by atoms with Gasteiger partial charge in [-0.2, -0.15) is 0 Å². The first-order chi connectivity index (χ1) is 7.38. The van der Waals surface area contributed by atoms with Crippen molar-refractivity contribution in [2.45, 2.75) is 71.1 Å². The number of carbonyl (C=O) groups is 1. The van der Waals surface area contributed by atoms with Crippen LogP contribution in [0.5, 0.6) is 0 Å². The lowest BCUT2D eigenvalue weighted by atomic mass is 9.84. The number of halogens is 1. The molecular weight excluding hydrogens is 207 g/mol. The molecule has 0 aliphatic heterocycles. The van der Waals surface area contributed by atoms with Crippen LogP contribution in [0.2, 0.25) is 0 Å². The Labute approximate surface area is 97.6 Å². The predicted octanol–water partition coefficient (Wildman–Crippen LogP) is 3.64. The van der Waals surface area contributed by atoms with Crippen LogP contribution in [0.4, 0.5) is 4.39 Å². The fourth-order valence-electron chi connectivity index (χ4n) is 2.18. The molecular formula is C13H23FO2. The lowest BCUT2D eigenvalue weighted by molar-refractivity contribution is -0.155. The topological polar surface area (TPSA) is 26.3 Å². The van der Waals surface area contributed by atoms with Gasteiger partial charge in [0, 0.05) is 6.42 Å². The van der Waals surface area contributed by atoms with Gasteiger partial charge in [0.15, 0.2) is 0 Å². The van der Waals surface area contributed by atoms with Crippen LogP contribution < -0.4 is 0 Å². The van der Waals surface area contributed by atoms with Crippen LogP contribution in [0.1, 0.15) is 59.3 Å². The molecule has 1 saturated carbocycles. The van der Waals surface area contributed by atoms with E-state index in [0.717, 1.165) is 19.3 Å². The number of esters is 1. The van der Waals surface area contributed by atoms with Crippen LogP contribution in [-0.2, 0) is 9.53 Å². The molecule has 3 heteroatoms. The van der Waals surface area contributed by atoms with Crippen LogP contribution in [0.25, 0.3) is 0 Å². The molecule has 1 rings (SSSR count). The molecule has 0 aromatic heterocycles. The van der Waals surface area contributed by atoms with Gasteiger partial charge in [0.2, 0.25) is 0 Å². The summed E-state index contributed by atoms with van der Waals surface area (Å²) < 4.78 is 18.7. The second-order valence-electron chi connectivity index (χ2n) is 5.69. The maximum absolute atomic E-state index is 13.5. The van der Waals surface area contributed by atoms with Crippen LogP contribution >= 0.6 is 0 Å². The minimum absolute atomic E-state index is 0.0706. The minimum atomic E-state index is -0.712. The summed E-state index contributed by atoms with van der Waals surface area (Å²) in [5, 5.41) is 0. The van der Waals surface area contributed by atoms with Gasteiger partial charge in [-0.05, 0) is 46.0 Å². The molecule has 0 aromatic carbocycles. The van der Waals surface area contributed by atoms with E-state index < -0.39 is 11.8 Å². The Hall–Kier alpha value is -0.600. The van der Waals surface area contributed by atoms with E-state index in [1.807, 2.05) is 20.8 Å². The van der Waals surface area contributed by atoms with Crippen molar-refractivity contribution in [3.8, 4) is 0 Å². The molecule has 0 radical (unpaired) electrons. The molecule has 16 heavy (non-hydrogen) atoms. The second kappa shape index (κ2) is 5.65. The standard InChI is InChI=1S/C13H23FO2/c1-13(2,3)16-12(15)9-8-10-6-4-5-7-11(10)14/h10-11H,4-9H2,1-3H3. The van der Waals surface area contributed by atoms with Crippen molar-refractivity contribution in [3.05, 3.63) is 0 Å². The molecule has 2 nitrogen and oxygen atoms in total. The molecule has 0 aromatic rings. The molecule has 1 fully saturated rings. The van der Waals surface area contributed by atoms with E-state index >= 15 is 0 Å². The van der Waals surface area contributed by atoms with E-state index in [4.69, 9.17) is 4.74 Å². The summed E-state index contributed by atoms with van der Waals surface area (Å²) in [6.45, 7) is 5.55. The summed E-state index contributed by atoms with van der Waals surface area (Å²) in [5.41, 5.74) is -0.432. The molecule has 2 atom stereocenters. The molecule has 0 spiro atoms. The van der Waals surface area contributed by atoms with Gasteiger partial charge in [-0.15, -0.1) is 0 Å². The first-order valence-corrected chi connectivity index (χ1v) is 6.24. The Balaban J connectivity index is 2.25. The number of ether oxygens (including phenoxy) is 1. The van der Waals surface area contributed by atoms with E-state index in [1.54, 1.807) is 0 Å². The summed E-state index contributed by atoms with van der Waals surface area (Å²) in [7, 11) is 0. The maximum Gasteiger partial charge on any atom is 0.306 e. The zero-order chi connectivity index (χ0) is 12.2. The van der Waals surface area contributed by atoms with Crippen molar-refractivity contribution in [1.82, 2.24) is 0 Å². The molecule has 0 amide bonds. The first kappa shape index (κ1) is 13.5. The third kappa shape index (κ3) is 4.95.